The maximum atomic E-state index is 12.6. The molecule has 0 aliphatic carbocycles. The third-order valence-corrected chi connectivity index (χ3v) is 5.03. The van der Waals surface area contributed by atoms with Gasteiger partial charge in [-0.15, -0.1) is 0 Å². The van der Waals surface area contributed by atoms with Gasteiger partial charge in [0.2, 0.25) is 0 Å². The van der Waals surface area contributed by atoms with E-state index in [4.69, 9.17) is 18.6 Å². The minimum atomic E-state index is -1.03. The van der Waals surface area contributed by atoms with E-state index >= 15 is 0 Å². The number of rotatable bonds is 4. The van der Waals surface area contributed by atoms with E-state index < -0.39 is 35.4 Å². The van der Waals surface area contributed by atoms with Crippen molar-refractivity contribution in [3.05, 3.63) is 63.5 Å². The molecule has 3 rings (SSSR count). The molecule has 2 heterocycles. The van der Waals surface area contributed by atoms with E-state index in [9.17, 15) is 14.4 Å². The summed E-state index contributed by atoms with van der Waals surface area (Å²) in [5, 5.41) is 0.625. The number of carbonyl (C=O) groups excluding carboxylic acids is 2. The van der Waals surface area contributed by atoms with Crippen molar-refractivity contribution in [1.29, 1.82) is 0 Å². The lowest BCUT2D eigenvalue weighted by molar-refractivity contribution is -0.185. The minimum absolute atomic E-state index is 0.344. The van der Waals surface area contributed by atoms with E-state index in [1.165, 1.54) is 12.1 Å². The van der Waals surface area contributed by atoms with E-state index in [1.807, 2.05) is 0 Å². The van der Waals surface area contributed by atoms with Crippen molar-refractivity contribution in [2.24, 2.45) is 0 Å². The summed E-state index contributed by atoms with van der Waals surface area (Å²) in [6.07, 6.45) is 1.18. The van der Waals surface area contributed by atoms with Crippen LogP contribution in [0, 0.1) is 0 Å². The van der Waals surface area contributed by atoms with Crippen LogP contribution < -0.4 is 10.4 Å². The Balaban J connectivity index is 2.15. The molecule has 31 heavy (non-hydrogen) atoms. The van der Waals surface area contributed by atoms with Crippen molar-refractivity contribution in [3.8, 4) is 5.75 Å². The fourth-order valence-electron chi connectivity index (χ4n) is 3.34. The molecule has 0 fully saturated rings. The number of allylic oxidation sites excluding steroid dienone is 2. The number of esters is 2. The second-order valence-corrected chi connectivity index (χ2v) is 8.26. The predicted octanol–water partition coefficient (Wildman–Crippen LogP) is 4.39. The second kappa shape index (κ2) is 8.41. The zero-order valence-electron chi connectivity index (χ0n) is 18.5. The topological polar surface area (TPSA) is 92.0 Å². The lowest BCUT2D eigenvalue weighted by Gasteiger charge is -2.43. The summed E-state index contributed by atoms with van der Waals surface area (Å²) in [7, 11) is 0. The lowest BCUT2D eigenvalue weighted by atomic mass is 9.87. The number of hydrogen-bond donors (Lipinski definition) is 0. The highest BCUT2D eigenvalue weighted by molar-refractivity contribution is 5.88. The summed E-state index contributed by atoms with van der Waals surface area (Å²) in [5.41, 5.74) is 0.549. The van der Waals surface area contributed by atoms with Gasteiger partial charge in [0.1, 0.15) is 16.9 Å². The van der Waals surface area contributed by atoms with Gasteiger partial charge in [0, 0.05) is 34.7 Å². The number of ether oxygens (including phenoxy) is 3. The van der Waals surface area contributed by atoms with Gasteiger partial charge in [0.15, 0.2) is 12.2 Å². The summed E-state index contributed by atoms with van der Waals surface area (Å²) in [6, 6.07) is 6.22. The van der Waals surface area contributed by atoms with Crippen molar-refractivity contribution in [1.82, 2.24) is 0 Å². The van der Waals surface area contributed by atoms with Gasteiger partial charge < -0.3 is 18.6 Å². The summed E-state index contributed by atoms with van der Waals surface area (Å²) < 4.78 is 22.9. The summed E-state index contributed by atoms with van der Waals surface area (Å²) in [6.45, 7) is 10.4. The van der Waals surface area contributed by atoms with Gasteiger partial charge >= 0.3 is 17.6 Å². The Morgan fingerprint density at radius 1 is 1.10 bits per heavy atom. The Labute approximate surface area is 180 Å². The van der Waals surface area contributed by atoms with Crippen molar-refractivity contribution in [2.75, 3.05) is 0 Å². The zero-order valence-corrected chi connectivity index (χ0v) is 18.5. The molecule has 1 aromatic carbocycles. The molecule has 2 aromatic rings. The average Bonchev–Trinajstić information content (AvgIpc) is 2.67. The minimum Gasteiger partial charge on any atom is -0.483 e. The van der Waals surface area contributed by atoms with Gasteiger partial charge in [0.25, 0.3) is 0 Å². The number of benzene rings is 1. The summed E-state index contributed by atoms with van der Waals surface area (Å²) in [4.78, 5) is 36.7. The molecule has 0 saturated carbocycles. The quantitative estimate of drug-likeness (QED) is 0.407. The second-order valence-electron chi connectivity index (χ2n) is 8.26. The first-order valence-electron chi connectivity index (χ1n) is 9.98. The SMILES string of the molecule is C/C=C(/C)C(=O)O[C@H]1[C@H](OC(=O)C=C(C)C)c2cc3ccc(=O)oc3cc2OC1(C)C. The van der Waals surface area contributed by atoms with Crippen LogP contribution in [0.5, 0.6) is 5.75 Å². The highest BCUT2D eigenvalue weighted by atomic mass is 16.6. The third-order valence-electron chi connectivity index (χ3n) is 5.03. The summed E-state index contributed by atoms with van der Waals surface area (Å²) >= 11 is 0. The molecule has 0 amide bonds. The molecule has 0 N–H and O–H groups in total. The van der Waals surface area contributed by atoms with Crippen LogP contribution >= 0.6 is 0 Å². The van der Waals surface area contributed by atoms with Gasteiger partial charge in [0.05, 0.1) is 0 Å². The van der Waals surface area contributed by atoms with E-state index in [1.54, 1.807) is 65.8 Å². The van der Waals surface area contributed by atoms with Crippen LogP contribution in [0.25, 0.3) is 11.0 Å². The number of hydrogen-bond acceptors (Lipinski definition) is 7. The molecule has 1 aromatic heterocycles. The molecule has 0 unspecified atom stereocenters. The number of fused-ring (bicyclic) bond motifs is 2. The highest BCUT2D eigenvalue weighted by Crippen LogP contribution is 2.45. The molecule has 164 valence electrons. The molecule has 1 aliphatic heterocycles. The fourth-order valence-corrected chi connectivity index (χ4v) is 3.34. The molecule has 0 radical (unpaired) electrons. The Morgan fingerprint density at radius 2 is 1.81 bits per heavy atom. The van der Waals surface area contributed by atoms with Crippen LogP contribution in [-0.2, 0) is 19.1 Å². The molecular formula is C24H26O7. The van der Waals surface area contributed by atoms with E-state index in [0.29, 0.717) is 27.9 Å². The number of carbonyl (C=O) groups is 2. The van der Waals surface area contributed by atoms with Gasteiger partial charge in [-0.2, -0.15) is 0 Å². The predicted molar refractivity (Wildman–Crippen MR) is 115 cm³/mol. The van der Waals surface area contributed by atoms with Crippen LogP contribution in [-0.4, -0.2) is 23.6 Å². The standard InChI is InChI=1S/C24H26O7/c1-7-14(4)23(27)30-22-21(29-20(26)10-13(2)3)16-11-15-8-9-19(25)28-17(15)12-18(16)31-24(22,5)6/h7-12,21-22H,1-6H3/b14-7-/t21-,22+/m1/s1. The molecule has 7 nitrogen and oxygen atoms in total. The molecule has 2 atom stereocenters. The first kappa shape index (κ1) is 22.3. The Kier molecular flexibility index (Phi) is 6.06. The third kappa shape index (κ3) is 4.71. The molecule has 0 spiro atoms. The van der Waals surface area contributed by atoms with Gasteiger partial charge in [-0.3, -0.25) is 0 Å². The van der Waals surface area contributed by atoms with Crippen LogP contribution in [0.1, 0.15) is 53.2 Å². The van der Waals surface area contributed by atoms with Gasteiger partial charge in [-0.1, -0.05) is 11.6 Å². The van der Waals surface area contributed by atoms with E-state index in [0.717, 1.165) is 5.57 Å². The zero-order chi connectivity index (χ0) is 22.9. The van der Waals surface area contributed by atoms with E-state index in [-0.39, 0.29) is 0 Å². The monoisotopic (exact) mass is 426 g/mol. The fraction of sp³-hybridized carbons (Fsp3) is 0.375. The first-order valence-corrected chi connectivity index (χ1v) is 9.98. The largest absolute Gasteiger partial charge is 0.483 e. The van der Waals surface area contributed by atoms with Crippen LogP contribution in [0.3, 0.4) is 0 Å². The summed E-state index contributed by atoms with van der Waals surface area (Å²) in [5.74, 6) is -0.697. The molecule has 7 heteroatoms. The van der Waals surface area contributed by atoms with Crippen LogP contribution in [0.4, 0.5) is 0 Å². The van der Waals surface area contributed by atoms with Gasteiger partial charge in [-0.25, -0.2) is 14.4 Å². The van der Waals surface area contributed by atoms with E-state index in [2.05, 4.69) is 0 Å². The van der Waals surface area contributed by atoms with Crippen LogP contribution in [0.2, 0.25) is 0 Å². The molecule has 0 bridgehead atoms. The lowest BCUT2D eigenvalue weighted by Crippen LogP contribution is -2.52. The molecular weight excluding hydrogens is 400 g/mol. The average molecular weight is 426 g/mol. The van der Waals surface area contributed by atoms with Crippen molar-refractivity contribution in [3.63, 3.8) is 0 Å². The van der Waals surface area contributed by atoms with Crippen molar-refractivity contribution < 1.29 is 28.2 Å². The Bertz CT molecular complexity index is 1150. The Morgan fingerprint density at radius 3 is 2.45 bits per heavy atom. The maximum absolute atomic E-state index is 12.6. The normalized spacial score (nSPS) is 19.7. The van der Waals surface area contributed by atoms with Crippen molar-refractivity contribution in [2.45, 2.75) is 59.4 Å². The maximum Gasteiger partial charge on any atom is 0.336 e. The first-order chi connectivity index (χ1) is 14.5. The van der Waals surface area contributed by atoms with Crippen LogP contribution in [0.15, 0.2) is 56.8 Å². The molecule has 1 aliphatic rings. The highest BCUT2D eigenvalue weighted by Gasteiger charge is 2.49. The smallest absolute Gasteiger partial charge is 0.336 e. The molecule has 0 saturated heterocycles. The van der Waals surface area contributed by atoms with Gasteiger partial charge in [-0.05, 0) is 53.7 Å². The van der Waals surface area contributed by atoms with Crippen molar-refractivity contribution >= 4 is 22.9 Å². The Hall–Kier alpha value is -3.35.